The summed E-state index contributed by atoms with van der Waals surface area (Å²) in [6.07, 6.45) is 0. The van der Waals surface area contributed by atoms with Crippen molar-refractivity contribution in [2.75, 3.05) is 6.61 Å². The summed E-state index contributed by atoms with van der Waals surface area (Å²) in [6, 6.07) is 6.78. The molecule has 0 aliphatic carbocycles. The molecule has 3 nitrogen and oxygen atoms in total. The summed E-state index contributed by atoms with van der Waals surface area (Å²) in [7, 11) is 0. The topological polar surface area (TPSA) is 46.5 Å². The molecule has 1 N–H and O–H groups in total. The minimum Gasteiger partial charge on any atom is -0.507 e. The van der Waals surface area contributed by atoms with Crippen LogP contribution in [0.5, 0.6) is 5.75 Å². The number of hydrogen-bond acceptors (Lipinski definition) is 3. The van der Waals surface area contributed by atoms with Crippen molar-refractivity contribution in [2.45, 2.75) is 6.92 Å². The Morgan fingerprint density at radius 2 is 2.42 bits per heavy atom. The third kappa shape index (κ3) is 1.99. The Kier molecular flexibility index (Phi) is 2.69. The Hall–Kier alpha value is -1.51. The number of rotatable bonds is 2. The average molecular weight is 165 g/mol. The largest absolute Gasteiger partial charge is 0.507 e. The molecule has 0 bridgehead atoms. The summed E-state index contributed by atoms with van der Waals surface area (Å²) >= 11 is 0. The molecule has 1 aromatic carbocycles. The zero-order chi connectivity index (χ0) is 8.97. The minimum atomic E-state index is -0.395. The highest BCUT2D eigenvalue weighted by atomic mass is 16.5. The lowest BCUT2D eigenvalue weighted by molar-refractivity contribution is 0.0526. The van der Waals surface area contributed by atoms with E-state index >= 15 is 0 Å². The van der Waals surface area contributed by atoms with Gasteiger partial charge in [-0.25, -0.2) is 4.79 Å². The van der Waals surface area contributed by atoms with Gasteiger partial charge in [0.25, 0.3) is 0 Å². The maximum atomic E-state index is 11.0. The van der Waals surface area contributed by atoms with Crippen molar-refractivity contribution in [3.8, 4) is 5.75 Å². The van der Waals surface area contributed by atoms with Gasteiger partial charge in [-0.1, -0.05) is 0 Å². The zero-order valence-electron chi connectivity index (χ0n) is 6.70. The lowest BCUT2D eigenvalue weighted by atomic mass is 10.2. The van der Waals surface area contributed by atoms with Crippen LogP contribution in [-0.2, 0) is 4.74 Å². The summed E-state index contributed by atoms with van der Waals surface area (Å²) in [5.41, 5.74) is 0.398. The molecule has 63 valence electrons. The number of aromatic hydroxyl groups is 1. The predicted molar refractivity (Wildman–Crippen MR) is 42.9 cm³/mol. The molecule has 0 saturated heterocycles. The molecule has 1 rings (SSSR count). The second-order valence-electron chi connectivity index (χ2n) is 2.18. The summed E-state index contributed by atoms with van der Waals surface area (Å²) in [4.78, 5) is 11.0. The van der Waals surface area contributed by atoms with Crippen LogP contribution in [0.3, 0.4) is 0 Å². The van der Waals surface area contributed by atoms with E-state index in [1.54, 1.807) is 6.92 Å². The highest BCUT2D eigenvalue weighted by Gasteiger charge is 2.04. The standard InChI is InChI=1S/C9H9O3/c1-2-12-9(11)7-3-5-8(10)6-4-7/h3-5,10H,2H2,1H3. The van der Waals surface area contributed by atoms with Gasteiger partial charge >= 0.3 is 5.97 Å². The SMILES string of the molecule is CCOC(=O)c1c[c]c(O)cc1. The molecule has 12 heavy (non-hydrogen) atoms. The lowest BCUT2D eigenvalue weighted by Crippen LogP contribution is -2.03. The van der Waals surface area contributed by atoms with Crippen molar-refractivity contribution in [1.82, 2.24) is 0 Å². The van der Waals surface area contributed by atoms with Crippen molar-refractivity contribution >= 4 is 5.97 Å². The molecule has 1 aromatic rings. The van der Waals surface area contributed by atoms with Gasteiger partial charge in [-0.15, -0.1) is 0 Å². The van der Waals surface area contributed by atoms with Crippen LogP contribution in [-0.4, -0.2) is 17.7 Å². The first-order valence-corrected chi connectivity index (χ1v) is 3.62. The summed E-state index contributed by atoms with van der Waals surface area (Å²) < 4.78 is 4.73. The van der Waals surface area contributed by atoms with Gasteiger partial charge in [-0.2, -0.15) is 0 Å². The molecule has 0 spiro atoms. The van der Waals surface area contributed by atoms with Crippen molar-refractivity contribution in [3.05, 3.63) is 29.8 Å². The van der Waals surface area contributed by atoms with Crippen LogP contribution in [0.4, 0.5) is 0 Å². The average Bonchev–Trinajstić information content (AvgIpc) is 2.06. The van der Waals surface area contributed by atoms with Crippen LogP contribution >= 0.6 is 0 Å². The minimum absolute atomic E-state index is 0.0167. The van der Waals surface area contributed by atoms with Crippen LogP contribution in [0.15, 0.2) is 18.2 Å². The Balaban J connectivity index is 2.75. The molecule has 0 amide bonds. The van der Waals surface area contributed by atoms with Crippen LogP contribution < -0.4 is 0 Å². The molecule has 3 heteroatoms. The van der Waals surface area contributed by atoms with Gasteiger partial charge in [0.15, 0.2) is 0 Å². The van der Waals surface area contributed by atoms with E-state index in [0.29, 0.717) is 12.2 Å². The lowest BCUT2D eigenvalue weighted by Gasteiger charge is -2.00. The first-order valence-electron chi connectivity index (χ1n) is 3.62. The second kappa shape index (κ2) is 3.76. The van der Waals surface area contributed by atoms with Crippen molar-refractivity contribution in [1.29, 1.82) is 0 Å². The molecule has 0 atom stereocenters. The molecule has 0 fully saturated rings. The van der Waals surface area contributed by atoms with Gasteiger partial charge in [0.1, 0.15) is 5.75 Å². The quantitative estimate of drug-likeness (QED) is 0.673. The number of carbonyl (C=O) groups is 1. The maximum absolute atomic E-state index is 11.0. The normalized spacial score (nSPS) is 9.42. The summed E-state index contributed by atoms with van der Waals surface area (Å²) in [5.74, 6) is -0.378. The van der Waals surface area contributed by atoms with E-state index in [0.717, 1.165) is 0 Å². The molecule has 1 radical (unpaired) electrons. The van der Waals surface area contributed by atoms with E-state index in [4.69, 9.17) is 9.84 Å². The van der Waals surface area contributed by atoms with Gasteiger partial charge in [0.2, 0.25) is 0 Å². The van der Waals surface area contributed by atoms with Gasteiger partial charge in [-0.05, 0) is 25.1 Å². The van der Waals surface area contributed by atoms with Crippen molar-refractivity contribution < 1.29 is 14.6 Å². The number of hydrogen-bond donors (Lipinski definition) is 1. The van der Waals surface area contributed by atoms with E-state index in [9.17, 15) is 4.79 Å². The van der Waals surface area contributed by atoms with Gasteiger partial charge in [0, 0.05) is 6.07 Å². The zero-order valence-corrected chi connectivity index (χ0v) is 6.70. The molecule has 0 saturated carbocycles. The second-order valence-corrected chi connectivity index (χ2v) is 2.18. The summed E-state index contributed by atoms with van der Waals surface area (Å²) in [5, 5.41) is 8.86. The van der Waals surface area contributed by atoms with Crippen molar-refractivity contribution in [2.24, 2.45) is 0 Å². The van der Waals surface area contributed by atoms with E-state index < -0.39 is 5.97 Å². The first-order chi connectivity index (χ1) is 5.74. The van der Waals surface area contributed by atoms with E-state index in [-0.39, 0.29) is 5.75 Å². The van der Waals surface area contributed by atoms with E-state index in [1.807, 2.05) is 0 Å². The van der Waals surface area contributed by atoms with Crippen LogP contribution in [0.25, 0.3) is 0 Å². The molecule has 0 aliphatic rings. The fourth-order valence-corrected chi connectivity index (χ4v) is 0.758. The molecular formula is C9H9O3. The Morgan fingerprint density at radius 3 is 2.92 bits per heavy atom. The third-order valence-corrected chi connectivity index (χ3v) is 1.31. The predicted octanol–water partition coefficient (Wildman–Crippen LogP) is 1.37. The molecule has 0 unspecified atom stereocenters. The number of carbonyl (C=O) groups excluding carboxylic acids is 1. The Labute approximate surface area is 70.6 Å². The highest BCUT2D eigenvalue weighted by Crippen LogP contribution is 2.09. The number of phenols is 1. The van der Waals surface area contributed by atoms with Gasteiger partial charge < -0.3 is 9.84 Å². The van der Waals surface area contributed by atoms with E-state index in [1.165, 1.54) is 18.2 Å². The van der Waals surface area contributed by atoms with Crippen molar-refractivity contribution in [3.63, 3.8) is 0 Å². The molecule has 0 aromatic heterocycles. The number of phenolic OH excluding ortho intramolecular Hbond substituents is 1. The first kappa shape index (κ1) is 8.59. The number of esters is 1. The Morgan fingerprint density at radius 1 is 1.67 bits per heavy atom. The fraction of sp³-hybridized carbons (Fsp3) is 0.222. The maximum Gasteiger partial charge on any atom is 0.338 e. The van der Waals surface area contributed by atoms with Gasteiger partial charge in [-0.3, -0.25) is 0 Å². The van der Waals surface area contributed by atoms with Crippen LogP contribution in [0, 0.1) is 6.07 Å². The van der Waals surface area contributed by atoms with Crippen LogP contribution in [0.1, 0.15) is 17.3 Å². The van der Waals surface area contributed by atoms with Crippen LogP contribution in [0.2, 0.25) is 0 Å². The Bertz CT molecular complexity index is 264. The molecule has 0 heterocycles. The molecule has 0 aliphatic heterocycles. The van der Waals surface area contributed by atoms with Gasteiger partial charge in [0.05, 0.1) is 12.2 Å². The smallest absolute Gasteiger partial charge is 0.338 e. The summed E-state index contributed by atoms with van der Waals surface area (Å²) in [6.45, 7) is 2.09. The molecular weight excluding hydrogens is 156 g/mol. The van der Waals surface area contributed by atoms with E-state index in [2.05, 4.69) is 6.07 Å². The number of benzene rings is 1. The fourth-order valence-electron chi connectivity index (χ4n) is 0.758. The monoisotopic (exact) mass is 165 g/mol. The highest BCUT2D eigenvalue weighted by molar-refractivity contribution is 5.89. The third-order valence-electron chi connectivity index (χ3n) is 1.31. The number of ether oxygens (including phenoxy) is 1.